The lowest BCUT2D eigenvalue weighted by atomic mass is 9.86. The maximum atomic E-state index is 14.8. The summed E-state index contributed by atoms with van der Waals surface area (Å²) >= 11 is 0. The highest BCUT2D eigenvalue weighted by Crippen LogP contribution is 2.57. The molecule has 0 radical (unpaired) electrons. The van der Waals surface area contributed by atoms with Crippen molar-refractivity contribution >= 4 is 51.9 Å². The summed E-state index contributed by atoms with van der Waals surface area (Å²) in [5.74, 6) is 3.32. The van der Waals surface area contributed by atoms with Gasteiger partial charge in [-0.1, -0.05) is 6.92 Å². The predicted octanol–water partition coefficient (Wildman–Crippen LogP) is 12.4. The van der Waals surface area contributed by atoms with Crippen LogP contribution in [0.15, 0.2) is 122 Å². The number of anilines is 8. The van der Waals surface area contributed by atoms with Crippen LogP contribution < -0.4 is 88.1 Å². The summed E-state index contributed by atoms with van der Waals surface area (Å²) in [5, 5.41) is 16.1. The lowest BCUT2D eigenvalue weighted by Gasteiger charge is -2.51. The van der Waals surface area contributed by atoms with E-state index < -0.39 is 17.1 Å². The summed E-state index contributed by atoms with van der Waals surface area (Å²) in [7, 11) is 7.16. The molecule has 5 atom stereocenters. The van der Waals surface area contributed by atoms with E-state index in [-0.39, 0.29) is 71.1 Å². The van der Waals surface area contributed by atoms with Crippen molar-refractivity contribution in [1.82, 2.24) is 70.0 Å². The number of hydrogen-bond donors (Lipinski definition) is 9. The molecule has 14 heterocycles. The van der Waals surface area contributed by atoms with Gasteiger partial charge in [0.25, 0.3) is 0 Å². The van der Waals surface area contributed by atoms with Gasteiger partial charge >= 0.3 is 24.0 Å². The molecule has 0 spiro atoms. The number of likely N-dealkylation sites (tertiary alicyclic amines) is 1. The molecule has 7 fully saturated rings. The van der Waals surface area contributed by atoms with Crippen LogP contribution in [0, 0.1) is 68.2 Å². The van der Waals surface area contributed by atoms with E-state index in [2.05, 4.69) is 83.0 Å². The lowest BCUT2D eigenvalue weighted by Crippen LogP contribution is -2.68. The van der Waals surface area contributed by atoms with Crippen molar-refractivity contribution in [3.63, 3.8) is 0 Å². The van der Waals surface area contributed by atoms with Gasteiger partial charge in [0.15, 0.2) is 0 Å². The number of piperidine rings is 2. The van der Waals surface area contributed by atoms with E-state index in [1.807, 2.05) is 82.1 Å². The standard InChI is InChI=1S/C25H27FN6O.C24H26F2N6O.C24H24FN7O2.C24H26FN7O/c1-14-4-5-16(11-29-14)33-24-30-20-10-17-18(8-15(26)9-19(17)27-3)22(20)23(31-24)32-12-21-25(2,13-32)6-7-28-21;1-14-3-4-16(12-29-14)33-23-30-20-11-17-18(9-15(25)10-19(17)28-2)21(20)22(31-23)32-7-5-24(26,13-27)6-8-32;1-11-3-4-13(8-29-11)34-23-30-19-7-14-15(5-12(25)6-18(14)28-2)20(19)21(31-23)32-9-16-17(10-32)24(16,27)22(26)33;1-13-3-4-17(8-28-13)33-24-29-21-7-18-19(5-14(25)6-20(18)27-2)22(21)23(30-24)32-11-16(12-32)31-9-15(26)10-31/h4-5,8-9,11,21,27-28H,6-7,10,12-13H2,1-3H3;3-4,9-10,12,28H,5-8,11,13,27H2,1-2H3;3-6,8,16-17,28H,7,9-10,27H2,1-2H3,(H2,26,33);3-6,8,15-16,27H,7,9-12,26H2,1-2H3/t;;16-,17+,24?;. The fourth-order valence-corrected chi connectivity index (χ4v) is 20.4. The molecule has 686 valence electrons. The van der Waals surface area contributed by atoms with E-state index in [1.165, 1.54) is 30.3 Å². The monoisotopic (exact) mass is 1810 g/mol. The molecule has 11 aliphatic rings. The van der Waals surface area contributed by atoms with E-state index in [0.29, 0.717) is 129 Å². The van der Waals surface area contributed by atoms with Crippen molar-refractivity contribution in [2.75, 3.05) is 148 Å². The van der Waals surface area contributed by atoms with Crippen molar-refractivity contribution in [3.8, 4) is 91.5 Å². The number of primary amides is 1. The molecule has 23 rings (SSSR count). The molecule has 12 aromatic rings. The minimum absolute atomic E-state index is 0.00290. The number of aromatic nitrogens is 12. The first-order valence-corrected chi connectivity index (χ1v) is 44.9. The first-order valence-electron chi connectivity index (χ1n) is 44.9. The largest absolute Gasteiger partial charge is 0.423 e. The number of amides is 1. The van der Waals surface area contributed by atoms with Crippen LogP contribution in [0.1, 0.15) is 94.0 Å². The van der Waals surface area contributed by atoms with E-state index in [4.69, 9.17) is 71.8 Å². The number of ether oxygens (including phenoxy) is 4. The zero-order valence-corrected chi connectivity index (χ0v) is 75.2. The summed E-state index contributed by atoms with van der Waals surface area (Å²) in [4.78, 5) is 78.0. The smallest absolute Gasteiger partial charge is 0.324 e. The van der Waals surface area contributed by atoms with E-state index in [1.54, 1.807) is 70.2 Å². The van der Waals surface area contributed by atoms with Crippen molar-refractivity contribution in [2.24, 2.45) is 40.2 Å². The molecular formula is C97H103F5N26O5. The number of fused-ring (bicyclic) bond motifs is 14. The molecule has 13 N–H and O–H groups in total. The highest BCUT2D eigenvalue weighted by molar-refractivity contribution is 5.94. The van der Waals surface area contributed by atoms with Crippen molar-refractivity contribution in [2.45, 2.75) is 109 Å². The Morgan fingerprint density at radius 2 is 0.789 bits per heavy atom. The third kappa shape index (κ3) is 16.5. The van der Waals surface area contributed by atoms with E-state index in [0.717, 1.165) is 188 Å². The SMILES string of the molecule is CNc1cc(F)cc2c1Cc1nc(Oc3ccc(C)nc3)nc(N3CC(N4CC(N)C4)C3)c1-2.CNc1cc(F)cc2c1Cc1nc(Oc3ccc(C)nc3)nc(N3CC4NCCC4(C)C3)c1-2.CNc1cc(F)cc2c1Cc1nc(Oc3ccc(C)nc3)nc(N3CCC(F)(CN)CC3)c1-2.CNc1cc(F)cc2c1Cc1nc(Oc3ccc(C)nc3)nc(N3C[C@@H]4[C@H](C3)C4(N)C(N)=O)c1-2. The van der Waals surface area contributed by atoms with Gasteiger partial charge in [0.2, 0.25) is 5.91 Å². The summed E-state index contributed by atoms with van der Waals surface area (Å²) in [5.41, 5.74) is 41.6. The second-order valence-electron chi connectivity index (χ2n) is 36.5. The number of rotatable bonds is 19. The second-order valence-corrected chi connectivity index (χ2v) is 36.5. The summed E-state index contributed by atoms with van der Waals surface area (Å²) in [6, 6.07) is 29.2. The first-order chi connectivity index (χ1) is 64.1. The molecule has 31 nitrogen and oxygen atoms in total. The van der Waals surface area contributed by atoms with E-state index >= 15 is 0 Å². The van der Waals surface area contributed by atoms with Gasteiger partial charge < -0.3 is 88.1 Å². The Kier molecular flexibility index (Phi) is 22.6. The molecule has 1 saturated carbocycles. The number of carbonyl (C=O) groups is 1. The number of nitrogens with two attached hydrogens (primary N) is 4. The molecule has 6 aliphatic heterocycles. The molecule has 8 aromatic heterocycles. The molecule has 3 unspecified atom stereocenters. The summed E-state index contributed by atoms with van der Waals surface area (Å²) < 4.78 is 96.6. The third-order valence-electron chi connectivity index (χ3n) is 27.8. The molecule has 1 amide bonds. The number of alkyl halides is 1. The fraction of sp³-hybridized carbons (Fsp3) is 0.371. The second kappa shape index (κ2) is 34.5. The van der Waals surface area contributed by atoms with Crippen LogP contribution in [0.3, 0.4) is 0 Å². The Hall–Kier alpha value is -13.7. The Labute approximate surface area is 765 Å². The van der Waals surface area contributed by atoms with Gasteiger partial charge in [-0.05, 0) is 182 Å². The summed E-state index contributed by atoms with van der Waals surface area (Å²) in [6.07, 6.45) is 10.6. The Balaban J connectivity index is 0.000000110. The van der Waals surface area contributed by atoms with Gasteiger partial charge in [-0.2, -0.15) is 39.9 Å². The highest BCUT2D eigenvalue weighted by atomic mass is 19.1. The molecule has 36 heteroatoms. The average molecular weight is 1810 g/mol. The van der Waals surface area contributed by atoms with Crippen LogP contribution >= 0.6 is 0 Å². The van der Waals surface area contributed by atoms with Gasteiger partial charge in [0.05, 0.1) is 47.6 Å². The number of aryl methyl sites for hydroxylation is 4. The van der Waals surface area contributed by atoms with Crippen LogP contribution in [0.2, 0.25) is 0 Å². The van der Waals surface area contributed by atoms with Crippen LogP contribution in [0.5, 0.6) is 47.0 Å². The molecular weight excluding hydrogens is 1700 g/mol. The fourth-order valence-electron chi connectivity index (χ4n) is 20.4. The molecule has 5 aliphatic carbocycles. The normalized spacial score (nSPS) is 20.2. The molecule has 0 bridgehead atoms. The van der Waals surface area contributed by atoms with Gasteiger partial charge in [-0.25, -0.2) is 22.0 Å². The average Bonchev–Trinajstić information content (AvgIpc) is 1.52. The minimum Gasteiger partial charge on any atom is -0.423 e. The lowest BCUT2D eigenvalue weighted by molar-refractivity contribution is -0.120. The third-order valence-corrected chi connectivity index (χ3v) is 27.8. The van der Waals surface area contributed by atoms with Gasteiger partial charge in [-0.15, -0.1) is 0 Å². The Bertz CT molecular complexity index is 6560. The van der Waals surface area contributed by atoms with Gasteiger partial charge in [0, 0.05) is 242 Å². The maximum Gasteiger partial charge on any atom is 0.324 e. The minimum atomic E-state index is -1.37. The zero-order chi connectivity index (χ0) is 92.4. The number of nitrogens with one attached hydrogen (secondary N) is 5. The van der Waals surface area contributed by atoms with E-state index in [9.17, 15) is 26.7 Å². The Morgan fingerprint density at radius 1 is 0.459 bits per heavy atom. The summed E-state index contributed by atoms with van der Waals surface area (Å²) in [6.45, 7) is 18.3. The zero-order valence-electron chi connectivity index (χ0n) is 75.2. The first kappa shape index (κ1) is 87.3. The number of carbonyl (C=O) groups excluding carboxylic acids is 1. The van der Waals surface area contributed by atoms with Crippen LogP contribution in [-0.2, 0) is 30.5 Å². The maximum absolute atomic E-state index is 14.8. The Morgan fingerprint density at radius 3 is 1.09 bits per heavy atom. The molecule has 4 aromatic carbocycles. The van der Waals surface area contributed by atoms with Crippen molar-refractivity contribution in [3.05, 3.63) is 213 Å². The number of benzene rings is 4. The van der Waals surface area contributed by atoms with Crippen molar-refractivity contribution < 1.29 is 45.7 Å². The predicted molar refractivity (Wildman–Crippen MR) is 497 cm³/mol. The quantitative estimate of drug-likeness (QED) is 0.0340. The highest BCUT2D eigenvalue weighted by Gasteiger charge is 2.70. The topological polar surface area (TPSA) is 389 Å². The van der Waals surface area contributed by atoms with Crippen LogP contribution in [-0.4, -0.2) is 207 Å². The van der Waals surface area contributed by atoms with Gasteiger partial charge in [-0.3, -0.25) is 29.6 Å². The number of hydrogen-bond acceptors (Lipinski definition) is 30. The number of nitrogens with zero attached hydrogens (tertiary/aromatic N) is 17. The van der Waals surface area contributed by atoms with Crippen molar-refractivity contribution in [1.29, 1.82) is 0 Å². The van der Waals surface area contributed by atoms with Crippen LogP contribution in [0.4, 0.5) is 68.0 Å². The van der Waals surface area contributed by atoms with Crippen LogP contribution in [0.25, 0.3) is 44.5 Å². The van der Waals surface area contributed by atoms with Gasteiger partial charge in [0.1, 0.15) is 80.7 Å². The number of pyridine rings is 4. The molecule has 6 saturated heterocycles. The number of halogens is 5. The molecule has 133 heavy (non-hydrogen) atoms.